The Labute approximate surface area is 129 Å². The monoisotopic (exact) mass is 304 g/mol. The van der Waals surface area contributed by atoms with Gasteiger partial charge < -0.3 is 10.4 Å². The predicted molar refractivity (Wildman–Crippen MR) is 84.0 cm³/mol. The number of rotatable bonds is 5. The number of carbonyl (C=O) groups is 1. The quantitative estimate of drug-likeness (QED) is 0.871. The van der Waals surface area contributed by atoms with Gasteiger partial charge in [0, 0.05) is 13.0 Å². The van der Waals surface area contributed by atoms with E-state index in [0.29, 0.717) is 24.9 Å². The summed E-state index contributed by atoms with van der Waals surface area (Å²) in [5, 5.41) is 21.9. The lowest BCUT2D eigenvalue weighted by Crippen LogP contribution is -2.45. The summed E-state index contributed by atoms with van der Waals surface area (Å²) in [7, 11) is 0. The van der Waals surface area contributed by atoms with Gasteiger partial charge in [0.05, 0.1) is 17.2 Å². The number of aryl methyl sites for hydroxylation is 1. The zero-order chi connectivity index (χ0) is 15.1. The Bertz CT molecular complexity index is 516. The first kappa shape index (κ1) is 15.9. The van der Waals surface area contributed by atoms with E-state index in [2.05, 4.69) is 11.4 Å². The molecule has 1 fully saturated rings. The van der Waals surface area contributed by atoms with Crippen LogP contribution in [-0.4, -0.2) is 34.7 Å². The number of hydrogen-bond acceptors (Lipinski definition) is 4. The molecule has 0 radical (unpaired) electrons. The average Bonchev–Trinajstić information content (AvgIpc) is 2.52. The summed E-state index contributed by atoms with van der Waals surface area (Å²) in [6, 6.07) is 9.34. The van der Waals surface area contributed by atoms with Crippen LogP contribution in [0.5, 0.6) is 0 Å². The van der Waals surface area contributed by atoms with Gasteiger partial charge in [0.1, 0.15) is 0 Å². The number of carbonyl (C=O) groups excluding carboxylic acids is 1. The second-order valence-corrected chi connectivity index (χ2v) is 6.65. The Balaban J connectivity index is 1.73. The molecule has 1 aromatic rings. The highest BCUT2D eigenvalue weighted by molar-refractivity contribution is 7.99. The normalized spacial score (nSPS) is 17.0. The number of aliphatic hydroxyl groups is 1. The van der Waals surface area contributed by atoms with Crippen molar-refractivity contribution in [2.45, 2.75) is 31.3 Å². The van der Waals surface area contributed by atoms with Gasteiger partial charge in [-0.2, -0.15) is 17.0 Å². The summed E-state index contributed by atoms with van der Waals surface area (Å²) in [5.74, 6) is 1.88. The minimum atomic E-state index is -0.727. The Hall–Kier alpha value is -1.51. The molecule has 1 aliphatic heterocycles. The lowest BCUT2D eigenvalue weighted by Gasteiger charge is -2.31. The maximum atomic E-state index is 11.8. The second-order valence-electron chi connectivity index (χ2n) is 5.42. The minimum absolute atomic E-state index is 0.0361. The molecule has 1 saturated heterocycles. The van der Waals surface area contributed by atoms with Gasteiger partial charge in [-0.3, -0.25) is 4.79 Å². The topological polar surface area (TPSA) is 73.1 Å². The standard InChI is InChI=1S/C16H20N2O2S/c17-11-14-3-1-13(2-4-14)5-6-15(19)18-12-16(20)7-9-21-10-8-16/h1-4,20H,5-10,12H2,(H,18,19). The van der Waals surface area contributed by atoms with Crippen LogP contribution < -0.4 is 5.32 Å². The molecule has 0 bridgehead atoms. The van der Waals surface area contributed by atoms with E-state index in [0.717, 1.165) is 29.9 Å². The van der Waals surface area contributed by atoms with Gasteiger partial charge in [-0.1, -0.05) is 12.1 Å². The largest absolute Gasteiger partial charge is 0.388 e. The number of nitrogens with one attached hydrogen (secondary N) is 1. The molecule has 1 amide bonds. The molecule has 1 aromatic carbocycles. The summed E-state index contributed by atoms with van der Waals surface area (Å²) in [6.45, 7) is 0.347. The highest BCUT2D eigenvalue weighted by atomic mass is 32.2. The number of thioether (sulfide) groups is 1. The summed E-state index contributed by atoms with van der Waals surface area (Å²) >= 11 is 1.85. The Morgan fingerprint density at radius 1 is 1.33 bits per heavy atom. The molecule has 5 heteroatoms. The number of amides is 1. The fourth-order valence-electron chi connectivity index (χ4n) is 2.28. The van der Waals surface area contributed by atoms with Crippen molar-refractivity contribution in [2.75, 3.05) is 18.1 Å². The molecular weight excluding hydrogens is 284 g/mol. The first-order chi connectivity index (χ1) is 10.1. The van der Waals surface area contributed by atoms with Crippen molar-refractivity contribution in [3.05, 3.63) is 35.4 Å². The van der Waals surface area contributed by atoms with Crippen LogP contribution in [0.4, 0.5) is 0 Å². The molecule has 2 N–H and O–H groups in total. The van der Waals surface area contributed by atoms with E-state index in [9.17, 15) is 9.90 Å². The average molecular weight is 304 g/mol. The van der Waals surface area contributed by atoms with E-state index in [1.54, 1.807) is 12.1 Å². The zero-order valence-electron chi connectivity index (χ0n) is 12.0. The Morgan fingerprint density at radius 2 is 2.00 bits per heavy atom. The van der Waals surface area contributed by atoms with Gasteiger partial charge in [0.25, 0.3) is 0 Å². The highest BCUT2D eigenvalue weighted by Gasteiger charge is 2.29. The first-order valence-corrected chi connectivity index (χ1v) is 8.33. The van der Waals surface area contributed by atoms with Crippen molar-refractivity contribution >= 4 is 17.7 Å². The number of hydrogen-bond donors (Lipinski definition) is 2. The maximum Gasteiger partial charge on any atom is 0.220 e. The van der Waals surface area contributed by atoms with Crippen molar-refractivity contribution < 1.29 is 9.90 Å². The third kappa shape index (κ3) is 5.07. The Kier molecular flexibility index (Phi) is 5.66. The number of nitriles is 1. The van der Waals surface area contributed by atoms with Gasteiger partial charge in [-0.05, 0) is 48.5 Å². The highest BCUT2D eigenvalue weighted by Crippen LogP contribution is 2.26. The molecule has 0 unspecified atom stereocenters. The molecule has 0 spiro atoms. The van der Waals surface area contributed by atoms with Crippen LogP contribution in [0.3, 0.4) is 0 Å². The van der Waals surface area contributed by atoms with E-state index < -0.39 is 5.60 Å². The van der Waals surface area contributed by atoms with Gasteiger partial charge in [-0.15, -0.1) is 0 Å². The lowest BCUT2D eigenvalue weighted by atomic mass is 9.97. The third-order valence-corrected chi connectivity index (χ3v) is 4.75. The molecular formula is C16H20N2O2S. The smallest absolute Gasteiger partial charge is 0.220 e. The molecule has 21 heavy (non-hydrogen) atoms. The van der Waals surface area contributed by atoms with Crippen molar-refractivity contribution in [1.82, 2.24) is 5.32 Å². The summed E-state index contributed by atoms with van der Waals surface area (Å²) in [5.41, 5.74) is 0.938. The van der Waals surface area contributed by atoms with Crippen LogP contribution in [0, 0.1) is 11.3 Å². The van der Waals surface area contributed by atoms with Gasteiger partial charge in [-0.25, -0.2) is 0 Å². The molecule has 0 atom stereocenters. The lowest BCUT2D eigenvalue weighted by molar-refractivity contribution is -0.122. The first-order valence-electron chi connectivity index (χ1n) is 7.17. The van der Waals surface area contributed by atoms with E-state index in [4.69, 9.17) is 5.26 Å². The molecule has 1 heterocycles. The SMILES string of the molecule is N#Cc1ccc(CCC(=O)NCC2(O)CCSCC2)cc1. The molecule has 0 saturated carbocycles. The second kappa shape index (κ2) is 7.48. The summed E-state index contributed by atoms with van der Waals surface area (Å²) in [4.78, 5) is 11.8. The van der Waals surface area contributed by atoms with Crippen LogP contribution in [0.1, 0.15) is 30.4 Å². The van der Waals surface area contributed by atoms with Gasteiger partial charge >= 0.3 is 0 Å². The van der Waals surface area contributed by atoms with Crippen LogP contribution in [0.25, 0.3) is 0 Å². The predicted octanol–water partition coefficient (Wildman–Crippen LogP) is 1.87. The third-order valence-electron chi connectivity index (χ3n) is 3.76. The molecule has 0 aromatic heterocycles. The summed E-state index contributed by atoms with van der Waals surface area (Å²) < 4.78 is 0. The number of nitrogens with zero attached hydrogens (tertiary/aromatic N) is 1. The molecule has 1 aliphatic rings. The fourth-order valence-corrected chi connectivity index (χ4v) is 3.54. The molecule has 2 rings (SSSR count). The molecule has 112 valence electrons. The van der Waals surface area contributed by atoms with Crippen molar-refractivity contribution in [3.63, 3.8) is 0 Å². The summed E-state index contributed by atoms with van der Waals surface area (Å²) in [6.07, 6.45) is 2.53. The van der Waals surface area contributed by atoms with Crippen LogP contribution in [-0.2, 0) is 11.2 Å². The van der Waals surface area contributed by atoms with Crippen molar-refractivity contribution in [3.8, 4) is 6.07 Å². The van der Waals surface area contributed by atoms with Crippen LogP contribution in [0.2, 0.25) is 0 Å². The van der Waals surface area contributed by atoms with E-state index in [-0.39, 0.29) is 5.91 Å². The van der Waals surface area contributed by atoms with E-state index >= 15 is 0 Å². The van der Waals surface area contributed by atoms with Gasteiger partial charge in [0.2, 0.25) is 5.91 Å². The van der Waals surface area contributed by atoms with E-state index in [1.165, 1.54) is 0 Å². The molecule has 4 nitrogen and oxygen atoms in total. The Morgan fingerprint density at radius 3 is 2.62 bits per heavy atom. The number of benzene rings is 1. The van der Waals surface area contributed by atoms with Crippen LogP contribution >= 0.6 is 11.8 Å². The zero-order valence-corrected chi connectivity index (χ0v) is 12.8. The van der Waals surface area contributed by atoms with Crippen LogP contribution in [0.15, 0.2) is 24.3 Å². The van der Waals surface area contributed by atoms with E-state index in [1.807, 2.05) is 23.9 Å². The maximum absolute atomic E-state index is 11.8. The fraction of sp³-hybridized carbons (Fsp3) is 0.500. The van der Waals surface area contributed by atoms with Gasteiger partial charge in [0.15, 0.2) is 0 Å². The minimum Gasteiger partial charge on any atom is -0.388 e. The van der Waals surface area contributed by atoms with Crippen molar-refractivity contribution in [1.29, 1.82) is 5.26 Å². The molecule has 0 aliphatic carbocycles. The van der Waals surface area contributed by atoms with Crippen molar-refractivity contribution in [2.24, 2.45) is 0 Å².